The quantitative estimate of drug-likeness (QED) is 0.193. The van der Waals surface area contributed by atoms with E-state index in [1.165, 1.54) is 12.1 Å². The van der Waals surface area contributed by atoms with Gasteiger partial charge in [-0.3, -0.25) is 24.2 Å². The number of benzene rings is 2. The lowest BCUT2D eigenvalue weighted by Crippen LogP contribution is -2.71. The third kappa shape index (κ3) is 7.17. The van der Waals surface area contributed by atoms with Crippen LogP contribution in [0.25, 0.3) is 10.9 Å². The second-order valence-corrected chi connectivity index (χ2v) is 14.4. The smallest absolute Gasteiger partial charge is 0.306 e. The number of carboxylic acid groups (broad SMARTS) is 1. The zero-order chi connectivity index (χ0) is 36.4. The number of pyridine rings is 1. The van der Waals surface area contributed by atoms with Crippen molar-refractivity contribution in [3.05, 3.63) is 89.0 Å². The molecule has 0 spiro atoms. The summed E-state index contributed by atoms with van der Waals surface area (Å²) in [5.41, 5.74) is 1.53. The van der Waals surface area contributed by atoms with Gasteiger partial charge in [0.05, 0.1) is 28.3 Å². The summed E-state index contributed by atoms with van der Waals surface area (Å²) < 4.78 is 24.9. The van der Waals surface area contributed by atoms with E-state index in [9.17, 15) is 19.5 Å². The normalized spacial score (nSPS) is 21.2. The highest BCUT2D eigenvalue weighted by atomic mass is 35.5. The first-order chi connectivity index (χ1) is 25.1. The number of amides is 1. The first-order valence-corrected chi connectivity index (χ1v) is 18.4. The lowest BCUT2D eigenvalue weighted by molar-refractivity contribution is -0.257. The molecular formula is C39H44ClFN6O5. The Morgan fingerprint density at radius 2 is 1.65 bits per heavy atom. The number of carboxylic acids is 1. The summed E-state index contributed by atoms with van der Waals surface area (Å²) in [6.45, 7) is 3.51. The molecule has 4 aromatic rings. The number of aryl methyl sites for hydroxylation is 1. The number of ketones is 1. The largest absolute Gasteiger partial charge is 0.481 e. The van der Waals surface area contributed by atoms with Crippen LogP contribution in [0.1, 0.15) is 54.4 Å². The molecule has 2 aromatic heterocycles. The minimum Gasteiger partial charge on any atom is -0.481 e. The number of aromatic nitrogens is 2. The van der Waals surface area contributed by atoms with Crippen molar-refractivity contribution in [3.8, 4) is 0 Å². The summed E-state index contributed by atoms with van der Waals surface area (Å²) in [4.78, 5) is 50.9. The Morgan fingerprint density at radius 3 is 2.35 bits per heavy atom. The summed E-state index contributed by atoms with van der Waals surface area (Å²) in [5, 5.41) is 13.3. The van der Waals surface area contributed by atoms with Gasteiger partial charge in [-0.25, -0.2) is 9.37 Å². The molecule has 11 nitrogen and oxygen atoms in total. The van der Waals surface area contributed by atoms with Gasteiger partial charge in [-0.1, -0.05) is 35.9 Å². The number of fused-ring (bicyclic) bond motifs is 1. The molecule has 1 saturated carbocycles. The monoisotopic (exact) mass is 730 g/mol. The number of Topliss-reactive ketones (excluding diaryl/α,β-unsaturated/α-hetero) is 1. The van der Waals surface area contributed by atoms with Gasteiger partial charge in [0.2, 0.25) is 5.85 Å². The molecule has 1 atom stereocenters. The second-order valence-electron chi connectivity index (χ2n) is 14.0. The molecule has 0 bridgehead atoms. The molecule has 274 valence electrons. The maximum Gasteiger partial charge on any atom is 0.306 e. The number of anilines is 2. The fourth-order valence-electron chi connectivity index (χ4n) is 8.05. The van der Waals surface area contributed by atoms with Gasteiger partial charge in [0.1, 0.15) is 11.6 Å². The number of halogens is 2. The molecule has 52 heavy (non-hydrogen) atoms. The first kappa shape index (κ1) is 36.0. The van der Waals surface area contributed by atoms with Crippen molar-refractivity contribution < 1.29 is 28.6 Å². The summed E-state index contributed by atoms with van der Waals surface area (Å²) in [6, 6.07) is 15.9. The van der Waals surface area contributed by atoms with Crippen LogP contribution in [0.5, 0.6) is 0 Å². The number of carbonyl (C=O) groups excluding carboxylic acids is 2. The zero-order valence-corrected chi connectivity index (χ0v) is 30.0. The van der Waals surface area contributed by atoms with E-state index in [1.54, 1.807) is 12.4 Å². The predicted molar refractivity (Wildman–Crippen MR) is 197 cm³/mol. The summed E-state index contributed by atoms with van der Waals surface area (Å²) >= 11 is 6.69. The molecule has 4 heterocycles. The second kappa shape index (κ2) is 15.3. The average Bonchev–Trinajstić information content (AvgIpc) is 3.82. The van der Waals surface area contributed by atoms with Crippen LogP contribution in [-0.4, -0.2) is 93.3 Å². The maximum atomic E-state index is 16.0. The summed E-state index contributed by atoms with van der Waals surface area (Å²) in [7, 11) is 1.85. The van der Waals surface area contributed by atoms with E-state index in [4.69, 9.17) is 16.3 Å². The van der Waals surface area contributed by atoms with Crippen molar-refractivity contribution in [1.82, 2.24) is 19.4 Å². The van der Waals surface area contributed by atoms with Crippen LogP contribution in [0.3, 0.4) is 0 Å². The van der Waals surface area contributed by atoms with Crippen LogP contribution < -0.4 is 10.2 Å². The molecule has 13 heteroatoms. The van der Waals surface area contributed by atoms with Crippen LogP contribution in [0.4, 0.5) is 15.9 Å². The molecular weight excluding hydrogens is 687 g/mol. The highest BCUT2D eigenvalue weighted by Crippen LogP contribution is 2.37. The van der Waals surface area contributed by atoms with Gasteiger partial charge >= 0.3 is 5.97 Å². The topological polar surface area (TPSA) is 120 Å². The SMILES string of the molecule is Cn1cc(C(=O)Nc2cc(F)c(CC(=O)C(OC3CCC(C(=O)O)CC3)(N3CCCC3)N3CCN(c4ccccn4)CC3)cc2Cl)c2ccccc21. The van der Waals surface area contributed by atoms with Gasteiger partial charge in [0.25, 0.3) is 5.91 Å². The predicted octanol–water partition coefficient (Wildman–Crippen LogP) is 5.96. The lowest BCUT2D eigenvalue weighted by Gasteiger charge is -2.52. The number of likely N-dealkylation sites (tertiary alicyclic amines) is 1. The number of rotatable bonds is 11. The van der Waals surface area contributed by atoms with Gasteiger partial charge in [-0.2, -0.15) is 0 Å². The summed E-state index contributed by atoms with van der Waals surface area (Å²) in [6.07, 6.45) is 6.60. The van der Waals surface area contributed by atoms with Gasteiger partial charge in [0, 0.05) is 76.0 Å². The molecule has 2 saturated heterocycles. The van der Waals surface area contributed by atoms with Gasteiger partial charge in [-0.15, -0.1) is 0 Å². The third-order valence-electron chi connectivity index (χ3n) is 10.8. The number of nitrogens with one attached hydrogen (secondary N) is 1. The lowest BCUT2D eigenvalue weighted by atomic mass is 9.87. The fourth-order valence-corrected chi connectivity index (χ4v) is 8.28. The minimum absolute atomic E-state index is 0.104. The van der Waals surface area contributed by atoms with E-state index in [0.29, 0.717) is 70.5 Å². The van der Waals surface area contributed by atoms with Crippen LogP contribution in [0.15, 0.2) is 67.0 Å². The first-order valence-electron chi connectivity index (χ1n) is 18.1. The molecule has 1 amide bonds. The molecule has 0 radical (unpaired) electrons. The van der Waals surface area contributed by atoms with Gasteiger partial charge in [0.15, 0.2) is 5.78 Å². The number of aliphatic carboxylic acids is 1. The Hall–Kier alpha value is -4.36. The van der Waals surface area contributed by atoms with E-state index in [0.717, 1.165) is 29.6 Å². The number of hydrogen-bond donors (Lipinski definition) is 2. The number of carbonyl (C=O) groups is 3. The Kier molecular flexibility index (Phi) is 10.6. The van der Waals surface area contributed by atoms with Crippen molar-refractivity contribution in [2.75, 3.05) is 49.5 Å². The van der Waals surface area contributed by atoms with Crippen molar-refractivity contribution in [2.24, 2.45) is 13.0 Å². The highest BCUT2D eigenvalue weighted by molar-refractivity contribution is 6.34. The number of piperazine rings is 1. The molecule has 2 aromatic carbocycles. The number of nitrogens with zero attached hydrogens (tertiary/aromatic N) is 5. The van der Waals surface area contributed by atoms with Crippen LogP contribution in [0.2, 0.25) is 5.02 Å². The molecule has 2 N–H and O–H groups in total. The molecule has 7 rings (SSSR count). The number of hydrogen-bond acceptors (Lipinski definition) is 8. The van der Waals surface area contributed by atoms with E-state index < -0.39 is 29.5 Å². The van der Waals surface area contributed by atoms with Gasteiger partial charge < -0.3 is 24.6 Å². The summed E-state index contributed by atoms with van der Waals surface area (Å²) in [5.74, 6) is -3.26. The Balaban J connectivity index is 1.16. The zero-order valence-electron chi connectivity index (χ0n) is 29.3. The van der Waals surface area contributed by atoms with E-state index >= 15 is 4.39 Å². The Bertz CT molecular complexity index is 1940. The fraction of sp³-hybridized carbons (Fsp3) is 0.436. The molecule has 1 aliphatic carbocycles. The molecule has 2 aliphatic heterocycles. The minimum atomic E-state index is -1.48. The Morgan fingerprint density at radius 1 is 0.962 bits per heavy atom. The van der Waals surface area contributed by atoms with E-state index in [-0.39, 0.29) is 34.6 Å². The van der Waals surface area contributed by atoms with Crippen LogP contribution in [0, 0.1) is 11.7 Å². The Labute approximate surface area is 307 Å². The third-order valence-corrected chi connectivity index (χ3v) is 11.1. The van der Waals surface area contributed by atoms with Crippen molar-refractivity contribution in [1.29, 1.82) is 0 Å². The van der Waals surface area contributed by atoms with E-state index in [2.05, 4.69) is 25.0 Å². The molecule has 1 unspecified atom stereocenters. The van der Waals surface area contributed by atoms with E-state index in [1.807, 2.05) is 54.1 Å². The van der Waals surface area contributed by atoms with Crippen LogP contribution >= 0.6 is 11.6 Å². The standard InChI is InChI=1S/C39H44ClFN6O5/c1-44-25-30(29-8-2-3-9-34(29)44)37(49)43-33-24-32(41)27(22-31(33)40)23-35(48)39(46-16-6-7-17-46,52-28-13-11-26(12-14-28)38(50)51)47-20-18-45(19-21-47)36-10-4-5-15-42-36/h2-5,8-10,15,22,24-26,28H,6-7,11-14,16-21,23H2,1H3,(H,43,49)(H,50,51). The van der Waals surface area contributed by atoms with Crippen LogP contribution in [-0.2, 0) is 27.8 Å². The maximum absolute atomic E-state index is 16.0. The highest BCUT2D eigenvalue weighted by Gasteiger charge is 2.53. The van der Waals surface area contributed by atoms with Gasteiger partial charge in [-0.05, 0) is 74.4 Å². The number of ether oxygens (including phenoxy) is 1. The number of para-hydroxylation sites is 1. The molecule has 3 aliphatic rings. The average molecular weight is 731 g/mol. The van der Waals surface area contributed by atoms with Crippen molar-refractivity contribution in [2.45, 2.75) is 56.9 Å². The van der Waals surface area contributed by atoms with Crippen molar-refractivity contribution >= 4 is 51.7 Å². The van der Waals surface area contributed by atoms with Crippen molar-refractivity contribution in [3.63, 3.8) is 0 Å². The molecule has 3 fully saturated rings.